The topological polar surface area (TPSA) is 77.7 Å². The van der Waals surface area contributed by atoms with Gasteiger partial charge in [0.05, 0.1) is 31.8 Å². The molecule has 1 aromatic heterocycles. The average Bonchev–Trinajstić information content (AvgIpc) is 3.13. The Balaban J connectivity index is 1.72. The van der Waals surface area contributed by atoms with Gasteiger partial charge in [-0.25, -0.2) is 5.06 Å². The zero-order chi connectivity index (χ0) is 20.4. The van der Waals surface area contributed by atoms with Crippen LogP contribution in [0.4, 0.5) is 13.2 Å². The SMILES string of the molecule is CCCON(Cc1ccc(-c2noc(C(F)(F)F)n2)cc1)C(=O)C1(C)COC1. The standard InChI is InChI=1S/C18H20F3N3O4/c1-3-8-27-24(16(25)17(2)10-26-11-17)9-12-4-6-13(7-5-12)14-22-15(28-23-14)18(19,20)21/h4-7H,3,8-11H2,1-2H3. The Labute approximate surface area is 159 Å². The first-order valence-electron chi connectivity index (χ1n) is 8.76. The number of carbonyl (C=O) groups is 1. The number of amides is 1. The van der Waals surface area contributed by atoms with Crippen molar-refractivity contribution in [3.8, 4) is 11.4 Å². The summed E-state index contributed by atoms with van der Waals surface area (Å²) in [5.41, 5.74) is 0.512. The van der Waals surface area contributed by atoms with Crippen LogP contribution in [0.15, 0.2) is 28.8 Å². The van der Waals surface area contributed by atoms with Gasteiger partial charge in [0.15, 0.2) is 0 Å². The van der Waals surface area contributed by atoms with Gasteiger partial charge in [-0.1, -0.05) is 36.3 Å². The van der Waals surface area contributed by atoms with Crippen LogP contribution in [-0.2, 0) is 27.1 Å². The largest absolute Gasteiger partial charge is 0.471 e. The number of rotatable bonds is 7. The molecule has 1 aliphatic heterocycles. The molecule has 1 aromatic carbocycles. The summed E-state index contributed by atoms with van der Waals surface area (Å²) in [5.74, 6) is -1.72. The van der Waals surface area contributed by atoms with Crippen molar-refractivity contribution in [2.45, 2.75) is 33.0 Å². The summed E-state index contributed by atoms with van der Waals surface area (Å²) >= 11 is 0. The summed E-state index contributed by atoms with van der Waals surface area (Å²) in [5, 5.41) is 4.67. The molecule has 1 saturated heterocycles. The number of benzene rings is 1. The molecular formula is C18H20F3N3O4. The molecule has 0 saturated carbocycles. The molecule has 7 nitrogen and oxygen atoms in total. The number of hydrogen-bond acceptors (Lipinski definition) is 6. The second-order valence-electron chi connectivity index (χ2n) is 6.85. The summed E-state index contributed by atoms with van der Waals surface area (Å²) < 4.78 is 47.1. The molecule has 1 fully saturated rings. The summed E-state index contributed by atoms with van der Waals surface area (Å²) in [6, 6.07) is 6.48. The lowest BCUT2D eigenvalue weighted by molar-refractivity contribution is -0.219. The van der Waals surface area contributed by atoms with Crippen LogP contribution in [0.25, 0.3) is 11.4 Å². The smallest absolute Gasteiger partial charge is 0.379 e. The van der Waals surface area contributed by atoms with Crippen LogP contribution >= 0.6 is 0 Å². The van der Waals surface area contributed by atoms with Crippen molar-refractivity contribution in [3.63, 3.8) is 0 Å². The maximum atomic E-state index is 12.7. The Kier molecular flexibility index (Phi) is 5.71. The third kappa shape index (κ3) is 4.33. The minimum atomic E-state index is -4.69. The van der Waals surface area contributed by atoms with Crippen molar-refractivity contribution in [2.75, 3.05) is 19.8 Å². The first-order valence-corrected chi connectivity index (χ1v) is 8.76. The van der Waals surface area contributed by atoms with Gasteiger partial charge in [-0.15, -0.1) is 0 Å². The molecule has 1 aliphatic rings. The maximum Gasteiger partial charge on any atom is 0.471 e. The Morgan fingerprint density at radius 2 is 1.96 bits per heavy atom. The third-order valence-electron chi connectivity index (χ3n) is 4.24. The molecule has 2 heterocycles. The van der Waals surface area contributed by atoms with E-state index in [1.54, 1.807) is 24.3 Å². The van der Waals surface area contributed by atoms with Crippen LogP contribution in [-0.4, -0.2) is 40.9 Å². The van der Waals surface area contributed by atoms with Crippen LogP contribution in [0.2, 0.25) is 0 Å². The quantitative estimate of drug-likeness (QED) is 0.664. The maximum absolute atomic E-state index is 12.7. The Morgan fingerprint density at radius 1 is 1.29 bits per heavy atom. The molecule has 28 heavy (non-hydrogen) atoms. The van der Waals surface area contributed by atoms with E-state index in [0.717, 1.165) is 12.0 Å². The van der Waals surface area contributed by atoms with Gasteiger partial charge in [-0.3, -0.25) is 9.63 Å². The van der Waals surface area contributed by atoms with E-state index in [1.807, 2.05) is 13.8 Å². The van der Waals surface area contributed by atoms with Gasteiger partial charge in [-0.05, 0) is 18.9 Å². The molecule has 1 amide bonds. The average molecular weight is 399 g/mol. The summed E-state index contributed by atoms with van der Waals surface area (Å²) in [6.07, 6.45) is -3.95. The van der Waals surface area contributed by atoms with Crippen molar-refractivity contribution in [3.05, 3.63) is 35.7 Å². The number of alkyl halides is 3. The van der Waals surface area contributed by atoms with Gasteiger partial charge in [0.2, 0.25) is 5.82 Å². The fourth-order valence-corrected chi connectivity index (χ4v) is 2.59. The Hall–Kier alpha value is -2.46. The van der Waals surface area contributed by atoms with Crippen molar-refractivity contribution in [1.82, 2.24) is 15.2 Å². The Bertz CT molecular complexity index is 816. The van der Waals surface area contributed by atoms with Gasteiger partial charge in [0.1, 0.15) is 0 Å². The molecule has 0 unspecified atom stereocenters. The van der Waals surface area contributed by atoms with Crippen LogP contribution in [0, 0.1) is 5.41 Å². The lowest BCUT2D eigenvalue weighted by Gasteiger charge is -2.39. The molecule has 0 spiro atoms. The predicted molar refractivity (Wildman–Crippen MR) is 90.5 cm³/mol. The van der Waals surface area contributed by atoms with Gasteiger partial charge in [0, 0.05) is 5.56 Å². The molecule has 0 atom stereocenters. The highest BCUT2D eigenvalue weighted by Crippen LogP contribution is 2.31. The monoisotopic (exact) mass is 399 g/mol. The van der Waals surface area contributed by atoms with Crippen LogP contribution in [0.3, 0.4) is 0 Å². The third-order valence-corrected chi connectivity index (χ3v) is 4.24. The van der Waals surface area contributed by atoms with E-state index in [1.165, 1.54) is 5.06 Å². The molecule has 0 N–H and O–H groups in total. The Morgan fingerprint density at radius 3 is 2.46 bits per heavy atom. The summed E-state index contributed by atoms with van der Waals surface area (Å²) in [6.45, 7) is 5.04. The number of hydroxylamine groups is 2. The fraction of sp³-hybridized carbons (Fsp3) is 0.500. The number of nitrogens with zero attached hydrogens (tertiary/aromatic N) is 3. The number of aromatic nitrogens is 2. The lowest BCUT2D eigenvalue weighted by Crippen LogP contribution is -2.53. The number of halogens is 3. The zero-order valence-electron chi connectivity index (χ0n) is 15.5. The van der Waals surface area contributed by atoms with E-state index in [-0.39, 0.29) is 18.3 Å². The van der Waals surface area contributed by atoms with E-state index < -0.39 is 17.5 Å². The highest BCUT2D eigenvalue weighted by Gasteiger charge is 2.44. The molecule has 10 heteroatoms. The predicted octanol–water partition coefficient (Wildman–Crippen LogP) is 3.46. The zero-order valence-corrected chi connectivity index (χ0v) is 15.5. The van der Waals surface area contributed by atoms with Crippen LogP contribution in [0.5, 0.6) is 0 Å². The molecular weight excluding hydrogens is 379 g/mol. The second kappa shape index (κ2) is 7.88. The molecule has 2 aromatic rings. The number of ether oxygens (including phenoxy) is 1. The van der Waals surface area contributed by atoms with Crippen molar-refractivity contribution >= 4 is 5.91 Å². The molecule has 0 radical (unpaired) electrons. The first-order chi connectivity index (χ1) is 13.2. The van der Waals surface area contributed by atoms with Crippen LogP contribution < -0.4 is 0 Å². The van der Waals surface area contributed by atoms with Gasteiger partial charge >= 0.3 is 12.1 Å². The van der Waals surface area contributed by atoms with Crippen molar-refractivity contribution in [2.24, 2.45) is 5.41 Å². The van der Waals surface area contributed by atoms with E-state index in [2.05, 4.69) is 14.7 Å². The van der Waals surface area contributed by atoms with Gasteiger partial charge < -0.3 is 9.26 Å². The summed E-state index contributed by atoms with van der Waals surface area (Å²) in [7, 11) is 0. The van der Waals surface area contributed by atoms with E-state index >= 15 is 0 Å². The van der Waals surface area contributed by atoms with Crippen molar-refractivity contribution in [1.29, 1.82) is 0 Å². The second-order valence-corrected chi connectivity index (χ2v) is 6.85. The lowest BCUT2D eigenvalue weighted by atomic mass is 9.87. The highest BCUT2D eigenvalue weighted by molar-refractivity contribution is 5.82. The van der Waals surface area contributed by atoms with E-state index in [4.69, 9.17) is 9.57 Å². The number of carbonyl (C=O) groups excluding carboxylic acids is 1. The molecule has 0 aliphatic carbocycles. The minimum Gasteiger partial charge on any atom is -0.379 e. The molecule has 3 rings (SSSR count). The van der Waals surface area contributed by atoms with E-state index in [0.29, 0.717) is 25.4 Å². The van der Waals surface area contributed by atoms with Crippen LogP contribution in [0.1, 0.15) is 31.7 Å². The van der Waals surface area contributed by atoms with Gasteiger partial charge in [0.25, 0.3) is 5.91 Å². The fourth-order valence-electron chi connectivity index (χ4n) is 2.59. The normalized spacial score (nSPS) is 15.9. The summed E-state index contributed by atoms with van der Waals surface area (Å²) in [4.78, 5) is 21.7. The number of hydrogen-bond donors (Lipinski definition) is 0. The van der Waals surface area contributed by atoms with E-state index in [9.17, 15) is 18.0 Å². The highest BCUT2D eigenvalue weighted by atomic mass is 19.4. The first kappa shape index (κ1) is 20.3. The molecule has 0 bridgehead atoms. The minimum absolute atomic E-state index is 0.159. The van der Waals surface area contributed by atoms with Crippen molar-refractivity contribution < 1.29 is 32.1 Å². The van der Waals surface area contributed by atoms with Gasteiger partial charge in [-0.2, -0.15) is 18.2 Å². The molecule has 152 valence electrons.